The van der Waals surface area contributed by atoms with E-state index in [-0.39, 0.29) is 0 Å². The third-order valence-corrected chi connectivity index (χ3v) is 2.27. The van der Waals surface area contributed by atoms with E-state index in [0.29, 0.717) is 0 Å². The van der Waals surface area contributed by atoms with Gasteiger partial charge in [0.1, 0.15) is 5.82 Å². The van der Waals surface area contributed by atoms with Crippen molar-refractivity contribution in [2.75, 3.05) is 32.1 Å². The van der Waals surface area contributed by atoms with Gasteiger partial charge in [-0.15, -0.1) is 5.10 Å². The minimum absolute atomic E-state index is 0.739. The molecular weight excluding hydrogens is 166 g/mol. The number of hydrogen-bond acceptors (Lipinski definition) is 4. The maximum atomic E-state index is 4.36. The normalized spacial score (nSPS) is 17.1. The molecule has 0 aromatic carbocycles. The fourth-order valence-electron chi connectivity index (χ4n) is 1.34. The zero-order chi connectivity index (χ0) is 9.26. The van der Waals surface area contributed by atoms with Crippen LogP contribution >= 0.6 is 0 Å². The van der Waals surface area contributed by atoms with Gasteiger partial charge >= 0.3 is 0 Å². The molecule has 2 N–H and O–H groups in total. The van der Waals surface area contributed by atoms with Crippen molar-refractivity contribution in [2.24, 2.45) is 5.92 Å². The minimum atomic E-state index is 0.739. The summed E-state index contributed by atoms with van der Waals surface area (Å²) in [6.45, 7) is 2.22. The monoisotopic (exact) mass is 181 g/mol. The second-order valence-electron chi connectivity index (χ2n) is 3.70. The zero-order valence-electron chi connectivity index (χ0n) is 8.04. The van der Waals surface area contributed by atoms with Crippen LogP contribution in [0.15, 0.2) is 0 Å². The summed E-state index contributed by atoms with van der Waals surface area (Å²) in [6, 6.07) is 0. The van der Waals surface area contributed by atoms with E-state index in [1.54, 1.807) is 0 Å². The molecule has 1 aliphatic heterocycles. The highest BCUT2D eigenvalue weighted by Crippen LogP contribution is 2.10. The smallest absolute Gasteiger partial charge is 0.244 e. The Morgan fingerprint density at radius 3 is 2.69 bits per heavy atom. The molecule has 0 atom stereocenters. The third-order valence-electron chi connectivity index (χ3n) is 2.27. The summed E-state index contributed by atoms with van der Waals surface area (Å²) in [7, 11) is 3.88. The van der Waals surface area contributed by atoms with Gasteiger partial charge in [-0.3, -0.25) is 5.10 Å². The number of aromatic amines is 1. The lowest BCUT2D eigenvalue weighted by Gasteiger charge is -2.25. The van der Waals surface area contributed by atoms with Gasteiger partial charge < -0.3 is 10.2 Å². The Hall–Kier alpha value is -1.10. The van der Waals surface area contributed by atoms with Gasteiger partial charge in [-0.1, -0.05) is 0 Å². The molecule has 2 rings (SSSR count). The van der Waals surface area contributed by atoms with Crippen LogP contribution in [0.5, 0.6) is 0 Å². The first-order valence-electron chi connectivity index (χ1n) is 4.55. The van der Waals surface area contributed by atoms with Gasteiger partial charge in [0.05, 0.1) is 0 Å². The molecule has 0 unspecified atom stereocenters. The lowest BCUT2D eigenvalue weighted by atomic mass is 9.99. The second-order valence-corrected chi connectivity index (χ2v) is 3.70. The van der Waals surface area contributed by atoms with Gasteiger partial charge in [0.25, 0.3) is 0 Å². The number of rotatable bonds is 3. The van der Waals surface area contributed by atoms with Crippen LogP contribution in [-0.2, 0) is 6.42 Å². The van der Waals surface area contributed by atoms with Crippen LogP contribution in [0.25, 0.3) is 0 Å². The van der Waals surface area contributed by atoms with Crippen LogP contribution in [0.3, 0.4) is 0 Å². The first kappa shape index (κ1) is 8.50. The Kier molecular flexibility index (Phi) is 2.18. The van der Waals surface area contributed by atoms with Crippen LogP contribution < -0.4 is 10.2 Å². The van der Waals surface area contributed by atoms with Crippen molar-refractivity contribution in [1.29, 1.82) is 0 Å². The molecule has 2 heterocycles. The SMILES string of the molecule is CN(C)c1n[nH]c(CC2CNC2)n1. The summed E-state index contributed by atoms with van der Waals surface area (Å²) in [4.78, 5) is 6.26. The zero-order valence-corrected chi connectivity index (χ0v) is 8.04. The van der Waals surface area contributed by atoms with Crippen molar-refractivity contribution >= 4 is 5.95 Å². The van der Waals surface area contributed by atoms with Crippen molar-refractivity contribution in [2.45, 2.75) is 6.42 Å². The molecule has 0 amide bonds. The Labute approximate surface area is 77.5 Å². The predicted octanol–water partition coefficient (Wildman–Crippen LogP) is -0.367. The number of nitrogens with zero attached hydrogens (tertiary/aromatic N) is 3. The maximum absolute atomic E-state index is 4.36. The molecule has 1 fully saturated rings. The standard InChI is InChI=1S/C8H15N5/c1-13(2)8-10-7(11-12-8)3-6-4-9-5-6/h6,9H,3-5H2,1-2H3,(H,10,11,12). The fraction of sp³-hybridized carbons (Fsp3) is 0.750. The largest absolute Gasteiger partial charge is 0.346 e. The van der Waals surface area contributed by atoms with Gasteiger partial charge in [0, 0.05) is 20.5 Å². The molecule has 1 saturated heterocycles. The summed E-state index contributed by atoms with van der Waals surface area (Å²) in [5.41, 5.74) is 0. The summed E-state index contributed by atoms with van der Waals surface area (Å²) < 4.78 is 0. The molecule has 0 aliphatic carbocycles. The van der Waals surface area contributed by atoms with Gasteiger partial charge in [0.2, 0.25) is 5.95 Å². The van der Waals surface area contributed by atoms with E-state index in [0.717, 1.165) is 37.2 Å². The van der Waals surface area contributed by atoms with Crippen LogP contribution in [0.1, 0.15) is 5.82 Å². The van der Waals surface area contributed by atoms with E-state index < -0.39 is 0 Å². The Morgan fingerprint density at radius 2 is 2.23 bits per heavy atom. The average Bonchev–Trinajstić information content (AvgIpc) is 2.44. The molecule has 1 aromatic heterocycles. The van der Waals surface area contributed by atoms with Gasteiger partial charge in [-0.25, -0.2) is 0 Å². The van der Waals surface area contributed by atoms with Crippen molar-refractivity contribution in [1.82, 2.24) is 20.5 Å². The quantitative estimate of drug-likeness (QED) is 0.668. The highest BCUT2D eigenvalue weighted by molar-refractivity contribution is 5.24. The highest BCUT2D eigenvalue weighted by atomic mass is 15.3. The summed E-state index contributed by atoms with van der Waals surface area (Å²) >= 11 is 0. The lowest BCUT2D eigenvalue weighted by molar-refractivity contribution is 0.341. The van der Waals surface area contributed by atoms with Gasteiger partial charge in [-0.05, 0) is 19.0 Å². The lowest BCUT2D eigenvalue weighted by Crippen LogP contribution is -2.43. The van der Waals surface area contributed by atoms with Crippen LogP contribution in [0.4, 0.5) is 5.95 Å². The number of nitrogens with one attached hydrogen (secondary N) is 2. The Morgan fingerprint density at radius 1 is 1.46 bits per heavy atom. The highest BCUT2D eigenvalue weighted by Gasteiger charge is 2.18. The van der Waals surface area contributed by atoms with Crippen LogP contribution in [0.2, 0.25) is 0 Å². The summed E-state index contributed by atoms with van der Waals surface area (Å²) in [5, 5.41) is 10.3. The van der Waals surface area contributed by atoms with Crippen LogP contribution in [-0.4, -0.2) is 42.4 Å². The van der Waals surface area contributed by atoms with E-state index in [9.17, 15) is 0 Å². The average molecular weight is 181 g/mol. The van der Waals surface area contributed by atoms with E-state index >= 15 is 0 Å². The molecule has 0 spiro atoms. The minimum Gasteiger partial charge on any atom is -0.346 e. The first-order chi connectivity index (χ1) is 6.25. The number of aromatic nitrogens is 3. The topological polar surface area (TPSA) is 56.8 Å². The van der Waals surface area contributed by atoms with E-state index in [1.807, 2.05) is 19.0 Å². The molecule has 1 aliphatic rings. The molecule has 13 heavy (non-hydrogen) atoms. The maximum Gasteiger partial charge on any atom is 0.244 e. The van der Waals surface area contributed by atoms with E-state index in [2.05, 4.69) is 20.5 Å². The van der Waals surface area contributed by atoms with Crippen molar-refractivity contribution < 1.29 is 0 Å². The van der Waals surface area contributed by atoms with Crippen molar-refractivity contribution in [3.8, 4) is 0 Å². The van der Waals surface area contributed by atoms with Gasteiger partial charge in [-0.2, -0.15) is 4.98 Å². The van der Waals surface area contributed by atoms with E-state index in [4.69, 9.17) is 0 Å². The molecular formula is C8H15N5. The van der Waals surface area contributed by atoms with Crippen molar-refractivity contribution in [3.63, 3.8) is 0 Å². The molecule has 0 radical (unpaired) electrons. The number of hydrogen-bond donors (Lipinski definition) is 2. The van der Waals surface area contributed by atoms with E-state index in [1.165, 1.54) is 0 Å². The number of anilines is 1. The summed E-state index contributed by atoms with van der Waals surface area (Å²) in [6.07, 6.45) is 1.01. The molecule has 1 aromatic rings. The number of H-pyrrole nitrogens is 1. The van der Waals surface area contributed by atoms with Crippen molar-refractivity contribution in [3.05, 3.63) is 5.82 Å². The molecule has 5 nitrogen and oxygen atoms in total. The predicted molar refractivity (Wildman–Crippen MR) is 50.8 cm³/mol. The molecule has 0 bridgehead atoms. The Balaban J connectivity index is 1.96. The van der Waals surface area contributed by atoms with Crippen LogP contribution in [0, 0.1) is 5.92 Å². The summed E-state index contributed by atoms with van der Waals surface area (Å²) in [5.74, 6) is 2.50. The second kappa shape index (κ2) is 3.33. The molecule has 72 valence electrons. The third kappa shape index (κ3) is 1.80. The van der Waals surface area contributed by atoms with Gasteiger partial charge in [0.15, 0.2) is 0 Å². The molecule has 0 saturated carbocycles. The molecule has 5 heteroatoms. The Bertz CT molecular complexity index is 276. The fourth-order valence-corrected chi connectivity index (χ4v) is 1.34. The first-order valence-corrected chi connectivity index (χ1v) is 4.55.